The van der Waals surface area contributed by atoms with Crippen molar-refractivity contribution >= 4 is 27.5 Å². The topological polar surface area (TPSA) is 70.6 Å². The predicted molar refractivity (Wildman–Crippen MR) is 77.0 cm³/mol. The van der Waals surface area contributed by atoms with Crippen LogP contribution < -0.4 is 0 Å². The zero-order valence-corrected chi connectivity index (χ0v) is 13.3. The second-order valence-corrected chi connectivity index (χ2v) is 6.68. The summed E-state index contributed by atoms with van der Waals surface area (Å²) in [6.07, 6.45) is 2.01. The van der Waals surface area contributed by atoms with Gasteiger partial charge in [-0.25, -0.2) is 13.4 Å². The molecule has 0 fully saturated rings. The van der Waals surface area contributed by atoms with Crippen molar-refractivity contribution in [3.63, 3.8) is 0 Å². The third-order valence-electron chi connectivity index (χ3n) is 2.63. The highest BCUT2D eigenvalue weighted by atomic mass is 35.5. The van der Waals surface area contributed by atoms with E-state index in [-0.39, 0.29) is 29.0 Å². The molecule has 1 rings (SSSR count). The number of nitrogens with zero attached hydrogens (tertiary/aromatic N) is 3. The Labute approximate surface area is 124 Å². The highest BCUT2D eigenvalue weighted by Crippen LogP contribution is 2.22. The van der Waals surface area contributed by atoms with E-state index in [2.05, 4.69) is 4.98 Å². The Bertz CT molecular complexity index is 575. The van der Waals surface area contributed by atoms with Gasteiger partial charge in [0.05, 0.1) is 6.54 Å². The van der Waals surface area contributed by atoms with Gasteiger partial charge in [0.2, 0.25) is 15.9 Å². The molecule has 0 aliphatic heterocycles. The molecule has 112 valence electrons. The van der Waals surface area contributed by atoms with E-state index in [9.17, 15) is 13.2 Å². The van der Waals surface area contributed by atoms with E-state index in [1.165, 1.54) is 23.2 Å². The molecule has 1 aromatic rings. The van der Waals surface area contributed by atoms with Gasteiger partial charge in [0.15, 0.2) is 0 Å². The molecule has 1 amide bonds. The first kappa shape index (κ1) is 16.9. The number of amides is 1. The Hall–Kier alpha value is -1.18. The van der Waals surface area contributed by atoms with E-state index in [0.29, 0.717) is 6.42 Å². The van der Waals surface area contributed by atoms with Gasteiger partial charge in [0.1, 0.15) is 10.0 Å². The van der Waals surface area contributed by atoms with Gasteiger partial charge >= 0.3 is 0 Å². The molecule has 0 aliphatic rings. The van der Waals surface area contributed by atoms with Crippen LogP contribution >= 0.6 is 11.6 Å². The van der Waals surface area contributed by atoms with Gasteiger partial charge in [-0.3, -0.25) is 4.79 Å². The summed E-state index contributed by atoms with van der Waals surface area (Å²) in [7, 11) is -0.672. The maximum Gasteiger partial charge on any atom is 0.246 e. The summed E-state index contributed by atoms with van der Waals surface area (Å²) in [5.74, 6) is -0.290. The van der Waals surface area contributed by atoms with Gasteiger partial charge in [-0.15, -0.1) is 0 Å². The number of hydrogen-bond acceptors (Lipinski definition) is 4. The third-order valence-corrected chi connectivity index (χ3v) is 4.92. The van der Waals surface area contributed by atoms with Crippen LogP contribution in [0.4, 0.5) is 0 Å². The minimum Gasteiger partial charge on any atom is -0.348 e. The van der Waals surface area contributed by atoms with Crippen molar-refractivity contribution in [3.8, 4) is 0 Å². The number of sulfonamides is 1. The van der Waals surface area contributed by atoms with Gasteiger partial charge < -0.3 is 4.90 Å². The van der Waals surface area contributed by atoms with Crippen molar-refractivity contribution < 1.29 is 13.2 Å². The molecular formula is C12H18ClN3O3S. The maximum absolute atomic E-state index is 12.5. The quantitative estimate of drug-likeness (QED) is 0.739. The molecule has 0 aromatic carbocycles. The Morgan fingerprint density at radius 3 is 2.55 bits per heavy atom. The molecule has 0 spiro atoms. The second kappa shape index (κ2) is 7.01. The molecule has 0 N–H and O–H groups in total. The molecule has 8 heteroatoms. The van der Waals surface area contributed by atoms with Crippen LogP contribution in [0.3, 0.4) is 0 Å². The molecule has 20 heavy (non-hydrogen) atoms. The van der Waals surface area contributed by atoms with Crippen molar-refractivity contribution in [1.82, 2.24) is 14.2 Å². The Balaban J connectivity index is 3.13. The van der Waals surface area contributed by atoms with E-state index in [4.69, 9.17) is 11.6 Å². The first-order chi connectivity index (χ1) is 9.30. The van der Waals surface area contributed by atoms with E-state index in [1.54, 1.807) is 14.1 Å². The first-order valence-corrected chi connectivity index (χ1v) is 7.93. The van der Waals surface area contributed by atoms with Crippen LogP contribution in [0.15, 0.2) is 23.2 Å². The SMILES string of the molecule is CCCN(CC(=O)N(C)C)S(=O)(=O)c1cccnc1Cl. The summed E-state index contributed by atoms with van der Waals surface area (Å²) in [5, 5.41) is -0.0918. The monoisotopic (exact) mass is 319 g/mol. The molecule has 0 saturated carbocycles. The Morgan fingerprint density at radius 2 is 2.05 bits per heavy atom. The Kier molecular flexibility index (Phi) is 5.91. The summed E-state index contributed by atoms with van der Waals surface area (Å²) in [6.45, 7) is 1.87. The van der Waals surface area contributed by atoms with E-state index in [1.807, 2.05) is 6.92 Å². The molecule has 0 radical (unpaired) electrons. The van der Waals surface area contributed by atoms with Gasteiger partial charge in [-0.1, -0.05) is 18.5 Å². The average Bonchev–Trinajstić information content (AvgIpc) is 2.38. The van der Waals surface area contributed by atoms with E-state index >= 15 is 0 Å². The molecule has 0 bridgehead atoms. The maximum atomic E-state index is 12.5. The smallest absolute Gasteiger partial charge is 0.246 e. The molecule has 1 aromatic heterocycles. The first-order valence-electron chi connectivity index (χ1n) is 6.11. The fraction of sp³-hybridized carbons (Fsp3) is 0.500. The highest BCUT2D eigenvalue weighted by Gasteiger charge is 2.28. The second-order valence-electron chi connectivity index (χ2n) is 4.42. The number of carbonyl (C=O) groups excluding carboxylic acids is 1. The standard InChI is InChI=1S/C12H18ClN3O3S/c1-4-8-16(9-11(17)15(2)3)20(18,19)10-6-5-7-14-12(10)13/h5-7H,4,8-9H2,1-3H3. The number of pyridine rings is 1. The lowest BCUT2D eigenvalue weighted by atomic mass is 10.4. The summed E-state index contributed by atoms with van der Waals surface area (Å²) < 4.78 is 26.2. The summed E-state index contributed by atoms with van der Waals surface area (Å²) >= 11 is 5.84. The zero-order chi connectivity index (χ0) is 15.3. The number of rotatable bonds is 6. The lowest BCUT2D eigenvalue weighted by Gasteiger charge is -2.23. The molecule has 1 heterocycles. The van der Waals surface area contributed by atoms with Crippen LogP contribution in [0.25, 0.3) is 0 Å². The van der Waals surface area contributed by atoms with Gasteiger partial charge in [-0.05, 0) is 18.6 Å². The van der Waals surface area contributed by atoms with E-state index < -0.39 is 10.0 Å². The molecule has 0 saturated heterocycles. The minimum atomic E-state index is -3.83. The third kappa shape index (κ3) is 3.91. The average molecular weight is 320 g/mol. The van der Waals surface area contributed by atoms with Crippen molar-refractivity contribution in [1.29, 1.82) is 0 Å². The van der Waals surface area contributed by atoms with Gasteiger partial charge in [0.25, 0.3) is 0 Å². The lowest BCUT2D eigenvalue weighted by molar-refractivity contribution is -0.128. The zero-order valence-electron chi connectivity index (χ0n) is 11.7. The normalized spacial score (nSPS) is 11.7. The van der Waals surface area contributed by atoms with Crippen LogP contribution in [-0.2, 0) is 14.8 Å². The van der Waals surface area contributed by atoms with Crippen molar-refractivity contribution in [2.45, 2.75) is 18.2 Å². The molecule has 6 nitrogen and oxygen atoms in total. The number of aromatic nitrogens is 1. The summed E-state index contributed by atoms with van der Waals surface area (Å²) in [5.41, 5.74) is 0. The molecule has 0 unspecified atom stereocenters. The number of halogens is 1. The fourth-order valence-corrected chi connectivity index (χ4v) is 3.44. The largest absolute Gasteiger partial charge is 0.348 e. The highest BCUT2D eigenvalue weighted by molar-refractivity contribution is 7.89. The number of carbonyl (C=O) groups is 1. The summed E-state index contributed by atoms with van der Waals surface area (Å²) in [4.78, 5) is 16.8. The van der Waals surface area contributed by atoms with Crippen LogP contribution in [0.2, 0.25) is 5.15 Å². The van der Waals surface area contributed by atoms with Gasteiger partial charge in [-0.2, -0.15) is 4.31 Å². The van der Waals surface area contributed by atoms with Crippen LogP contribution in [0.5, 0.6) is 0 Å². The van der Waals surface area contributed by atoms with Crippen LogP contribution in [-0.4, -0.2) is 55.7 Å². The number of likely N-dealkylation sites (N-methyl/N-ethyl adjacent to an activating group) is 1. The molecular weight excluding hydrogens is 302 g/mol. The fourth-order valence-electron chi connectivity index (χ4n) is 1.53. The van der Waals surface area contributed by atoms with Crippen molar-refractivity contribution in [3.05, 3.63) is 23.5 Å². The van der Waals surface area contributed by atoms with Crippen LogP contribution in [0.1, 0.15) is 13.3 Å². The van der Waals surface area contributed by atoms with Crippen molar-refractivity contribution in [2.75, 3.05) is 27.2 Å². The minimum absolute atomic E-state index is 0.0818. The number of hydrogen-bond donors (Lipinski definition) is 0. The van der Waals surface area contributed by atoms with Crippen molar-refractivity contribution in [2.24, 2.45) is 0 Å². The van der Waals surface area contributed by atoms with E-state index in [0.717, 1.165) is 4.31 Å². The lowest BCUT2D eigenvalue weighted by Crippen LogP contribution is -2.40. The Morgan fingerprint density at radius 1 is 1.40 bits per heavy atom. The summed E-state index contributed by atoms with van der Waals surface area (Å²) in [6, 6.07) is 2.88. The molecule has 0 atom stereocenters. The predicted octanol–water partition coefficient (Wildman–Crippen LogP) is 1.22. The van der Waals surface area contributed by atoms with Gasteiger partial charge in [0, 0.05) is 26.8 Å². The van der Waals surface area contributed by atoms with Crippen LogP contribution in [0, 0.1) is 0 Å². The molecule has 0 aliphatic carbocycles.